The highest BCUT2D eigenvalue weighted by atomic mass is 35.5. The topological polar surface area (TPSA) is 98.5 Å². The molecule has 0 aliphatic carbocycles. The van der Waals surface area contributed by atoms with Crippen molar-refractivity contribution in [3.8, 4) is 11.5 Å². The van der Waals surface area contributed by atoms with Crippen LogP contribution in [0.2, 0.25) is 5.02 Å². The molecule has 2 aromatic carbocycles. The normalized spacial score (nSPS) is 15.3. The Hall–Kier alpha value is -2.84. The number of hydrogen-bond donors (Lipinski definition) is 1. The van der Waals surface area contributed by atoms with Gasteiger partial charge >= 0.3 is 0 Å². The van der Waals surface area contributed by atoms with E-state index >= 15 is 0 Å². The van der Waals surface area contributed by atoms with Crippen molar-refractivity contribution in [2.24, 2.45) is 0 Å². The number of ether oxygens (including phenoxy) is 1. The van der Waals surface area contributed by atoms with Gasteiger partial charge in [-0.3, -0.25) is 25.0 Å². The van der Waals surface area contributed by atoms with Crippen molar-refractivity contribution in [1.82, 2.24) is 5.32 Å². The van der Waals surface area contributed by atoms with Crippen LogP contribution >= 0.6 is 23.4 Å². The van der Waals surface area contributed by atoms with Crippen LogP contribution in [0.3, 0.4) is 0 Å². The summed E-state index contributed by atoms with van der Waals surface area (Å²) in [5, 5.41) is 12.8. The minimum Gasteiger partial charge on any atom is -0.456 e. The highest BCUT2D eigenvalue weighted by Gasteiger charge is 2.25. The van der Waals surface area contributed by atoms with Crippen molar-refractivity contribution in [1.29, 1.82) is 0 Å². The quantitative estimate of drug-likeness (QED) is 0.483. The van der Waals surface area contributed by atoms with Crippen LogP contribution in [0.4, 0.5) is 10.5 Å². The van der Waals surface area contributed by atoms with Gasteiger partial charge in [0.25, 0.3) is 16.8 Å². The van der Waals surface area contributed by atoms with E-state index in [1.807, 2.05) is 0 Å². The lowest BCUT2D eigenvalue weighted by atomic mass is 10.2. The van der Waals surface area contributed by atoms with Gasteiger partial charge in [0.05, 0.1) is 20.9 Å². The fourth-order valence-electron chi connectivity index (χ4n) is 2.05. The SMILES string of the molecule is O=C1NC(=O)/C(=C/c2ccc(Oc3cccc([N+](=O)[O-])c3)c(Cl)c2)S1. The molecule has 1 aliphatic heterocycles. The number of carbonyl (C=O) groups excluding carboxylic acids is 2. The summed E-state index contributed by atoms with van der Waals surface area (Å²) in [6.45, 7) is 0. The van der Waals surface area contributed by atoms with Crippen LogP contribution in [0.15, 0.2) is 47.4 Å². The lowest BCUT2D eigenvalue weighted by molar-refractivity contribution is -0.384. The van der Waals surface area contributed by atoms with Gasteiger partial charge in [0, 0.05) is 6.07 Å². The zero-order valence-corrected chi connectivity index (χ0v) is 14.0. The molecule has 9 heteroatoms. The van der Waals surface area contributed by atoms with Crippen LogP contribution in [-0.2, 0) is 4.79 Å². The number of amides is 2. The standard InChI is InChI=1S/C16H9ClN2O5S/c17-12-6-9(7-14-15(20)18-16(21)25-14)4-5-13(12)24-11-3-1-2-10(8-11)19(22)23/h1-8H,(H,18,20,21)/b14-7-. The largest absolute Gasteiger partial charge is 0.456 e. The third-order valence-electron chi connectivity index (χ3n) is 3.15. The number of nitrogens with one attached hydrogen (secondary N) is 1. The predicted molar refractivity (Wildman–Crippen MR) is 93.7 cm³/mol. The third-order valence-corrected chi connectivity index (χ3v) is 4.26. The first-order valence-electron chi connectivity index (χ1n) is 6.89. The van der Waals surface area contributed by atoms with E-state index in [1.54, 1.807) is 24.3 Å². The second-order valence-electron chi connectivity index (χ2n) is 4.90. The monoisotopic (exact) mass is 376 g/mol. The molecule has 1 saturated heterocycles. The first-order valence-corrected chi connectivity index (χ1v) is 8.08. The Balaban J connectivity index is 1.82. The number of nitro groups is 1. The van der Waals surface area contributed by atoms with Crippen LogP contribution in [0.25, 0.3) is 6.08 Å². The second kappa shape index (κ2) is 6.96. The number of benzene rings is 2. The molecule has 0 atom stereocenters. The molecule has 1 N–H and O–H groups in total. The summed E-state index contributed by atoms with van der Waals surface area (Å²) in [7, 11) is 0. The zero-order valence-electron chi connectivity index (χ0n) is 12.4. The maximum Gasteiger partial charge on any atom is 0.290 e. The molecule has 7 nitrogen and oxygen atoms in total. The number of imide groups is 1. The fraction of sp³-hybridized carbons (Fsp3) is 0. The van der Waals surface area contributed by atoms with Crippen LogP contribution in [0.1, 0.15) is 5.56 Å². The summed E-state index contributed by atoms with van der Waals surface area (Å²) < 4.78 is 5.57. The Morgan fingerprint density at radius 2 is 2.00 bits per heavy atom. The van der Waals surface area contributed by atoms with E-state index in [2.05, 4.69) is 5.32 Å². The molecule has 0 aromatic heterocycles. The van der Waals surface area contributed by atoms with Crippen LogP contribution in [0.5, 0.6) is 11.5 Å². The molecular weight excluding hydrogens is 368 g/mol. The number of rotatable bonds is 4. The van der Waals surface area contributed by atoms with E-state index in [0.717, 1.165) is 11.8 Å². The fourth-order valence-corrected chi connectivity index (χ4v) is 2.96. The van der Waals surface area contributed by atoms with Gasteiger partial charge in [-0.1, -0.05) is 23.7 Å². The van der Waals surface area contributed by atoms with Crippen molar-refractivity contribution in [3.63, 3.8) is 0 Å². The van der Waals surface area contributed by atoms with E-state index in [1.165, 1.54) is 24.3 Å². The maximum absolute atomic E-state index is 11.5. The molecule has 25 heavy (non-hydrogen) atoms. The number of thioether (sulfide) groups is 1. The van der Waals surface area contributed by atoms with Crippen molar-refractivity contribution in [2.75, 3.05) is 0 Å². The molecule has 1 fully saturated rings. The van der Waals surface area contributed by atoms with Crippen molar-refractivity contribution in [3.05, 3.63) is 68.1 Å². The summed E-state index contributed by atoms with van der Waals surface area (Å²) in [5.74, 6) is 0.130. The summed E-state index contributed by atoms with van der Waals surface area (Å²) in [6.07, 6.45) is 1.54. The molecule has 3 rings (SSSR count). The lowest BCUT2D eigenvalue weighted by Gasteiger charge is -2.08. The summed E-state index contributed by atoms with van der Waals surface area (Å²) in [5.41, 5.74) is 0.521. The highest BCUT2D eigenvalue weighted by Crippen LogP contribution is 2.33. The molecule has 2 amide bonds. The summed E-state index contributed by atoms with van der Waals surface area (Å²) in [6, 6.07) is 10.5. The Morgan fingerprint density at radius 3 is 2.64 bits per heavy atom. The van der Waals surface area contributed by atoms with Gasteiger partial charge in [0.2, 0.25) is 0 Å². The zero-order chi connectivity index (χ0) is 18.0. The first kappa shape index (κ1) is 17.0. The molecule has 126 valence electrons. The number of nitro benzene ring substituents is 1. The van der Waals surface area contributed by atoms with Gasteiger partial charge in [0.1, 0.15) is 11.5 Å². The Labute approximate surface area is 150 Å². The van der Waals surface area contributed by atoms with Gasteiger partial charge in [0.15, 0.2) is 0 Å². The second-order valence-corrected chi connectivity index (χ2v) is 6.32. The van der Waals surface area contributed by atoms with Gasteiger partial charge in [-0.2, -0.15) is 0 Å². The van der Waals surface area contributed by atoms with E-state index in [9.17, 15) is 19.7 Å². The molecule has 0 saturated carbocycles. The maximum atomic E-state index is 11.5. The lowest BCUT2D eigenvalue weighted by Crippen LogP contribution is -2.17. The number of non-ortho nitro benzene ring substituents is 1. The van der Waals surface area contributed by atoms with Crippen molar-refractivity contribution < 1.29 is 19.2 Å². The number of carbonyl (C=O) groups is 2. The van der Waals surface area contributed by atoms with E-state index < -0.39 is 16.1 Å². The summed E-state index contributed by atoms with van der Waals surface area (Å²) in [4.78, 5) is 33.2. The molecule has 0 unspecified atom stereocenters. The first-order chi connectivity index (χ1) is 11.9. The molecule has 0 spiro atoms. The third kappa shape index (κ3) is 3.98. The van der Waals surface area contributed by atoms with Gasteiger partial charge in [-0.15, -0.1) is 0 Å². The number of halogens is 1. The van der Waals surface area contributed by atoms with Crippen LogP contribution < -0.4 is 10.1 Å². The van der Waals surface area contributed by atoms with Crippen molar-refractivity contribution >= 4 is 46.3 Å². The highest BCUT2D eigenvalue weighted by molar-refractivity contribution is 8.18. The minimum atomic E-state index is -0.518. The molecule has 0 bridgehead atoms. The van der Waals surface area contributed by atoms with E-state index in [4.69, 9.17) is 16.3 Å². The predicted octanol–water partition coefficient (Wildman–Crippen LogP) is 4.36. The smallest absolute Gasteiger partial charge is 0.290 e. The van der Waals surface area contributed by atoms with E-state index in [0.29, 0.717) is 11.3 Å². The molecule has 0 radical (unpaired) electrons. The van der Waals surface area contributed by atoms with Gasteiger partial charge in [-0.25, -0.2) is 0 Å². The number of hydrogen-bond acceptors (Lipinski definition) is 6. The summed E-state index contributed by atoms with van der Waals surface area (Å²) >= 11 is 6.98. The Bertz CT molecular complexity index is 928. The molecule has 2 aromatic rings. The minimum absolute atomic E-state index is 0.0936. The van der Waals surface area contributed by atoms with Crippen LogP contribution in [-0.4, -0.2) is 16.1 Å². The number of nitrogens with zero attached hydrogens (tertiary/aromatic N) is 1. The van der Waals surface area contributed by atoms with Crippen molar-refractivity contribution in [2.45, 2.75) is 0 Å². The Kier molecular flexibility index (Phi) is 4.73. The average molecular weight is 377 g/mol. The molecular formula is C16H9ClN2O5S. The van der Waals surface area contributed by atoms with Crippen LogP contribution in [0, 0.1) is 10.1 Å². The Morgan fingerprint density at radius 1 is 1.20 bits per heavy atom. The average Bonchev–Trinajstić information content (AvgIpc) is 2.88. The molecule has 1 aliphatic rings. The van der Waals surface area contributed by atoms with Gasteiger partial charge < -0.3 is 4.74 Å². The molecule has 1 heterocycles. The van der Waals surface area contributed by atoms with E-state index in [-0.39, 0.29) is 21.4 Å². The van der Waals surface area contributed by atoms with Gasteiger partial charge in [-0.05, 0) is 41.6 Å².